The average Bonchev–Trinajstić information content (AvgIpc) is 3.17. The van der Waals surface area contributed by atoms with Gasteiger partial charge in [-0.2, -0.15) is 0 Å². The standard InChI is InChI=1S/C15H17F2NO3S2/c1-15(20,14(16)17)12(13(19)21-2)18-8-9-5-6-11(23-9)10-4-3-7-22-10/h3-7,12,14,18,20H,8H2,1-2H3. The van der Waals surface area contributed by atoms with Crippen LogP contribution >= 0.6 is 22.7 Å². The van der Waals surface area contributed by atoms with E-state index in [2.05, 4.69) is 10.1 Å². The number of carbonyl (C=O) groups is 1. The summed E-state index contributed by atoms with van der Waals surface area (Å²) in [4.78, 5) is 14.7. The van der Waals surface area contributed by atoms with Crippen molar-refractivity contribution in [2.45, 2.75) is 31.5 Å². The van der Waals surface area contributed by atoms with Gasteiger partial charge in [-0.15, -0.1) is 22.7 Å². The third-order valence-corrected chi connectivity index (χ3v) is 5.52. The molecule has 2 N–H and O–H groups in total. The van der Waals surface area contributed by atoms with Crippen molar-refractivity contribution in [2.75, 3.05) is 7.11 Å². The minimum atomic E-state index is -3.08. The number of carbonyl (C=O) groups excluding carboxylic acids is 1. The van der Waals surface area contributed by atoms with Crippen LogP contribution in [0.25, 0.3) is 9.75 Å². The monoisotopic (exact) mass is 361 g/mol. The number of aliphatic hydroxyl groups is 1. The maximum atomic E-state index is 13.0. The first-order valence-electron chi connectivity index (χ1n) is 6.80. The van der Waals surface area contributed by atoms with E-state index in [0.717, 1.165) is 28.7 Å². The van der Waals surface area contributed by atoms with E-state index >= 15 is 0 Å². The van der Waals surface area contributed by atoms with Crippen LogP contribution in [-0.2, 0) is 16.1 Å². The number of esters is 1. The molecule has 2 aromatic heterocycles. The molecular formula is C15H17F2NO3S2. The number of hydrogen-bond donors (Lipinski definition) is 2. The number of nitrogens with one attached hydrogen (secondary N) is 1. The summed E-state index contributed by atoms with van der Waals surface area (Å²) >= 11 is 3.10. The Hall–Kier alpha value is -1.35. The second-order valence-electron chi connectivity index (χ2n) is 5.11. The number of alkyl halides is 2. The molecule has 0 aliphatic heterocycles. The Balaban J connectivity index is 2.08. The van der Waals surface area contributed by atoms with Crippen molar-refractivity contribution in [3.63, 3.8) is 0 Å². The number of methoxy groups -OCH3 is 1. The lowest BCUT2D eigenvalue weighted by Gasteiger charge is -2.30. The molecule has 0 amide bonds. The topological polar surface area (TPSA) is 58.6 Å². The lowest BCUT2D eigenvalue weighted by Crippen LogP contribution is -2.57. The fourth-order valence-electron chi connectivity index (χ4n) is 2.00. The SMILES string of the molecule is COC(=O)C(NCc1ccc(-c2cccs2)s1)C(C)(O)C(F)F. The van der Waals surface area contributed by atoms with Gasteiger partial charge in [-0.3, -0.25) is 10.1 Å². The number of ether oxygens (including phenoxy) is 1. The molecule has 8 heteroatoms. The van der Waals surface area contributed by atoms with Gasteiger partial charge >= 0.3 is 5.97 Å². The Bertz CT molecular complexity index is 641. The summed E-state index contributed by atoms with van der Waals surface area (Å²) in [5.74, 6) is -0.926. The smallest absolute Gasteiger partial charge is 0.326 e. The van der Waals surface area contributed by atoms with Gasteiger partial charge in [0.1, 0.15) is 11.6 Å². The first kappa shape index (κ1) is 18.0. The first-order chi connectivity index (χ1) is 10.9. The number of halogens is 2. The van der Waals surface area contributed by atoms with E-state index in [1.165, 1.54) is 11.3 Å². The minimum absolute atomic E-state index is 0.179. The molecule has 0 radical (unpaired) electrons. The molecule has 2 unspecified atom stereocenters. The van der Waals surface area contributed by atoms with Gasteiger partial charge in [-0.1, -0.05) is 6.07 Å². The van der Waals surface area contributed by atoms with Gasteiger partial charge in [0.2, 0.25) is 0 Å². The molecule has 2 aromatic rings. The van der Waals surface area contributed by atoms with Gasteiger partial charge in [-0.25, -0.2) is 8.78 Å². The highest BCUT2D eigenvalue weighted by Gasteiger charge is 2.45. The molecule has 0 spiro atoms. The van der Waals surface area contributed by atoms with Crippen LogP contribution in [0.1, 0.15) is 11.8 Å². The minimum Gasteiger partial charge on any atom is -0.468 e. The van der Waals surface area contributed by atoms with Crippen molar-refractivity contribution < 1.29 is 23.4 Å². The largest absolute Gasteiger partial charge is 0.468 e. The van der Waals surface area contributed by atoms with Gasteiger partial charge < -0.3 is 9.84 Å². The Labute approximate surface area is 140 Å². The third kappa shape index (κ3) is 4.14. The maximum absolute atomic E-state index is 13.0. The lowest BCUT2D eigenvalue weighted by molar-refractivity contribution is -0.161. The number of thiophene rings is 2. The molecule has 126 valence electrons. The zero-order valence-electron chi connectivity index (χ0n) is 12.6. The van der Waals surface area contributed by atoms with Crippen molar-refractivity contribution in [3.8, 4) is 9.75 Å². The molecule has 0 bridgehead atoms. The maximum Gasteiger partial charge on any atom is 0.326 e. The normalized spacial score (nSPS) is 15.4. The molecule has 0 aliphatic rings. The molecule has 23 heavy (non-hydrogen) atoms. The van der Waals surface area contributed by atoms with Crippen LogP contribution in [0.4, 0.5) is 8.78 Å². The number of hydrogen-bond acceptors (Lipinski definition) is 6. The molecule has 0 aliphatic carbocycles. The first-order valence-corrected chi connectivity index (χ1v) is 8.50. The van der Waals surface area contributed by atoms with Crippen LogP contribution < -0.4 is 5.32 Å². The Kier molecular flexibility index (Phi) is 5.85. The van der Waals surface area contributed by atoms with Crippen molar-refractivity contribution in [1.29, 1.82) is 0 Å². The van der Waals surface area contributed by atoms with Gasteiger partial charge in [-0.05, 0) is 30.5 Å². The van der Waals surface area contributed by atoms with Crippen LogP contribution in [0.5, 0.6) is 0 Å². The molecule has 0 fully saturated rings. The summed E-state index contributed by atoms with van der Waals surface area (Å²) in [7, 11) is 1.10. The van der Waals surface area contributed by atoms with Gasteiger partial charge in [0.25, 0.3) is 6.43 Å². The van der Waals surface area contributed by atoms with E-state index in [1.54, 1.807) is 11.3 Å². The summed E-state index contributed by atoms with van der Waals surface area (Å²) in [6.07, 6.45) is -3.08. The van der Waals surface area contributed by atoms with E-state index in [9.17, 15) is 18.7 Å². The summed E-state index contributed by atoms with van der Waals surface area (Å²) in [5, 5.41) is 14.5. The molecule has 0 aromatic carbocycles. The quantitative estimate of drug-likeness (QED) is 0.744. The Morgan fingerprint density at radius 1 is 1.39 bits per heavy atom. The van der Waals surface area contributed by atoms with E-state index in [-0.39, 0.29) is 6.54 Å². The van der Waals surface area contributed by atoms with Crippen molar-refractivity contribution in [2.24, 2.45) is 0 Å². The zero-order chi connectivity index (χ0) is 17.0. The molecule has 2 atom stereocenters. The fourth-order valence-corrected chi connectivity index (χ4v) is 3.79. The molecule has 2 rings (SSSR count). The predicted molar refractivity (Wildman–Crippen MR) is 86.9 cm³/mol. The fraction of sp³-hybridized carbons (Fsp3) is 0.400. The Morgan fingerprint density at radius 3 is 2.70 bits per heavy atom. The van der Waals surface area contributed by atoms with Gasteiger partial charge in [0.05, 0.1) is 7.11 Å². The molecule has 0 saturated heterocycles. The molecule has 4 nitrogen and oxygen atoms in total. The van der Waals surface area contributed by atoms with E-state index in [0.29, 0.717) is 0 Å². The zero-order valence-corrected chi connectivity index (χ0v) is 14.2. The number of rotatable bonds is 7. The highest BCUT2D eigenvalue weighted by atomic mass is 32.1. The average molecular weight is 361 g/mol. The second-order valence-corrected chi connectivity index (χ2v) is 7.22. The summed E-state index contributed by atoms with van der Waals surface area (Å²) in [6, 6.07) is 6.22. The third-order valence-electron chi connectivity index (χ3n) is 3.37. The predicted octanol–water partition coefficient (Wildman–Crippen LogP) is 3.12. The molecule has 2 heterocycles. The second kappa shape index (κ2) is 7.48. The summed E-state index contributed by atoms with van der Waals surface area (Å²) in [6.45, 7) is 1.09. The van der Waals surface area contributed by atoms with Crippen molar-refractivity contribution in [1.82, 2.24) is 5.32 Å². The van der Waals surface area contributed by atoms with E-state index in [4.69, 9.17) is 0 Å². The molecule has 0 saturated carbocycles. The van der Waals surface area contributed by atoms with Crippen molar-refractivity contribution >= 4 is 28.6 Å². The summed E-state index contributed by atoms with van der Waals surface area (Å²) < 4.78 is 30.5. The van der Waals surface area contributed by atoms with Crippen LogP contribution in [0.2, 0.25) is 0 Å². The van der Waals surface area contributed by atoms with E-state index < -0.39 is 24.0 Å². The van der Waals surface area contributed by atoms with Crippen LogP contribution in [0.3, 0.4) is 0 Å². The van der Waals surface area contributed by atoms with Crippen LogP contribution in [0.15, 0.2) is 29.6 Å². The van der Waals surface area contributed by atoms with E-state index in [1.807, 2.05) is 29.6 Å². The van der Waals surface area contributed by atoms with Crippen molar-refractivity contribution in [3.05, 3.63) is 34.5 Å². The summed E-state index contributed by atoms with van der Waals surface area (Å²) in [5.41, 5.74) is -2.51. The van der Waals surface area contributed by atoms with Gasteiger partial charge in [0, 0.05) is 21.2 Å². The van der Waals surface area contributed by atoms with Gasteiger partial charge in [0.15, 0.2) is 0 Å². The van der Waals surface area contributed by atoms with Crippen LogP contribution in [0, 0.1) is 0 Å². The lowest BCUT2D eigenvalue weighted by atomic mass is 9.97. The molecular weight excluding hydrogens is 344 g/mol. The highest BCUT2D eigenvalue weighted by Crippen LogP contribution is 2.31. The Morgan fingerprint density at radius 2 is 2.13 bits per heavy atom. The highest BCUT2D eigenvalue weighted by molar-refractivity contribution is 7.21. The van der Waals surface area contributed by atoms with Crippen LogP contribution in [-0.4, -0.2) is 36.3 Å².